The quantitative estimate of drug-likeness (QED) is 0.772. The van der Waals surface area contributed by atoms with E-state index in [2.05, 4.69) is 29.2 Å². The van der Waals surface area contributed by atoms with E-state index in [-0.39, 0.29) is 0 Å². The highest BCUT2D eigenvalue weighted by Crippen LogP contribution is 2.15. The van der Waals surface area contributed by atoms with Gasteiger partial charge in [0.2, 0.25) is 0 Å². The van der Waals surface area contributed by atoms with Crippen molar-refractivity contribution in [2.45, 2.75) is 26.2 Å². The Morgan fingerprint density at radius 1 is 1.19 bits per heavy atom. The van der Waals surface area contributed by atoms with E-state index in [0.29, 0.717) is 18.7 Å². The lowest BCUT2D eigenvalue weighted by Crippen LogP contribution is -2.31. The third kappa shape index (κ3) is 2.70. The normalized spacial score (nSPS) is 16.6. The molecule has 2 nitrogen and oxygen atoms in total. The predicted octanol–water partition coefficient (Wildman–Crippen LogP) is 2.07. The molecule has 2 rings (SSSR count). The van der Waals surface area contributed by atoms with Crippen molar-refractivity contribution in [2.75, 3.05) is 19.6 Å². The fourth-order valence-corrected chi connectivity index (χ4v) is 2.23. The van der Waals surface area contributed by atoms with Crippen LogP contribution in [0.3, 0.4) is 0 Å². The third-order valence-electron chi connectivity index (χ3n) is 3.31. The maximum absolute atomic E-state index is 11.4. The van der Waals surface area contributed by atoms with E-state index >= 15 is 0 Å². The number of nitrogens with zero attached hydrogens (tertiary/aromatic N) is 1. The van der Waals surface area contributed by atoms with E-state index in [1.54, 1.807) is 0 Å². The number of carbonyl (C=O) groups excluding carboxylic acids is 1. The van der Waals surface area contributed by atoms with E-state index in [1.807, 2.05) is 6.92 Å². The standard InChI is InChI=1S/C14H19NO/c1-2-14(16)11-15-9-7-12-5-3-4-6-13(12)8-10-15/h3-6H,2,7-11H2,1H3. The lowest BCUT2D eigenvalue weighted by molar-refractivity contribution is -0.119. The number of carbonyl (C=O) groups is 1. The molecule has 0 saturated carbocycles. The zero-order valence-electron chi connectivity index (χ0n) is 9.91. The Kier molecular flexibility index (Phi) is 3.73. The summed E-state index contributed by atoms with van der Waals surface area (Å²) >= 11 is 0. The van der Waals surface area contributed by atoms with Gasteiger partial charge in [0.25, 0.3) is 0 Å². The summed E-state index contributed by atoms with van der Waals surface area (Å²) in [4.78, 5) is 13.7. The van der Waals surface area contributed by atoms with Crippen molar-refractivity contribution in [3.63, 3.8) is 0 Å². The minimum atomic E-state index is 0.353. The maximum Gasteiger partial charge on any atom is 0.146 e. The number of Topliss-reactive ketones (excluding diaryl/α,β-unsaturated/α-hetero) is 1. The summed E-state index contributed by atoms with van der Waals surface area (Å²) in [5.74, 6) is 0.353. The number of hydrogen-bond donors (Lipinski definition) is 0. The highest BCUT2D eigenvalue weighted by atomic mass is 16.1. The summed E-state index contributed by atoms with van der Waals surface area (Å²) in [5.41, 5.74) is 2.91. The summed E-state index contributed by atoms with van der Waals surface area (Å²) in [5, 5.41) is 0. The molecule has 1 aliphatic rings. The molecule has 0 spiro atoms. The fourth-order valence-electron chi connectivity index (χ4n) is 2.23. The molecular formula is C14H19NO. The minimum absolute atomic E-state index is 0.353. The zero-order chi connectivity index (χ0) is 11.4. The largest absolute Gasteiger partial charge is 0.298 e. The molecule has 0 atom stereocenters. The molecule has 0 fully saturated rings. The predicted molar refractivity (Wildman–Crippen MR) is 65.6 cm³/mol. The molecule has 1 aliphatic heterocycles. The number of ketones is 1. The SMILES string of the molecule is CCC(=O)CN1CCc2ccccc2CC1. The Balaban J connectivity index is 1.99. The molecule has 0 radical (unpaired) electrons. The van der Waals surface area contributed by atoms with E-state index in [0.717, 1.165) is 25.9 Å². The highest BCUT2D eigenvalue weighted by Gasteiger charge is 2.14. The van der Waals surface area contributed by atoms with Crippen LogP contribution in [0.4, 0.5) is 0 Å². The first kappa shape index (κ1) is 11.3. The molecule has 0 bridgehead atoms. The van der Waals surface area contributed by atoms with Crippen LogP contribution in [0.25, 0.3) is 0 Å². The Morgan fingerprint density at radius 2 is 1.75 bits per heavy atom. The number of rotatable bonds is 3. The van der Waals surface area contributed by atoms with Gasteiger partial charge >= 0.3 is 0 Å². The van der Waals surface area contributed by atoms with Gasteiger partial charge in [-0.15, -0.1) is 0 Å². The number of fused-ring (bicyclic) bond motifs is 1. The lowest BCUT2D eigenvalue weighted by atomic mass is 10.0. The molecule has 0 amide bonds. The van der Waals surface area contributed by atoms with Crippen LogP contribution in [0.1, 0.15) is 24.5 Å². The second-order valence-electron chi connectivity index (χ2n) is 4.44. The van der Waals surface area contributed by atoms with Crippen LogP contribution in [-0.2, 0) is 17.6 Å². The summed E-state index contributed by atoms with van der Waals surface area (Å²) in [6, 6.07) is 8.62. The van der Waals surface area contributed by atoms with Crippen LogP contribution in [0.15, 0.2) is 24.3 Å². The smallest absolute Gasteiger partial charge is 0.146 e. The maximum atomic E-state index is 11.4. The van der Waals surface area contributed by atoms with Gasteiger partial charge in [-0.25, -0.2) is 0 Å². The first-order valence-electron chi connectivity index (χ1n) is 6.10. The van der Waals surface area contributed by atoms with E-state index in [9.17, 15) is 4.79 Å². The topological polar surface area (TPSA) is 20.3 Å². The number of benzene rings is 1. The molecule has 0 aliphatic carbocycles. The second kappa shape index (κ2) is 5.26. The minimum Gasteiger partial charge on any atom is -0.298 e. The van der Waals surface area contributed by atoms with Gasteiger partial charge in [0.1, 0.15) is 5.78 Å². The molecule has 0 aromatic heterocycles. The van der Waals surface area contributed by atoms with Crippen molar-refractivity contribution in [3.8, 4) is 0 Å². The Hall–Kier alpha value is -1.15. The van der Waals surface area contributed by atoms with Crippen LogP contribution in [0, 0.1) is 0 Å². The second-order valence-corrected chi connectivity index (χ2v) is 4.44. The van der Waals surface area contributed by atoms with Crippen LogP contribution in [0.5, 0.6) is 0 Å². The fraction of sp³-hybridized carbons (Fsp3) is 0.500. The molecule has 1 aromatic rings. The van der Waals surface area contributed by atoms with Crippen LogP contribution >= 0.6 is 0 Å². The van der Waals surface area contributed by atoms with Gasteiger partial charge in [0, 0.05) is 19.5 Å². The molecule has 0 saturated heterocycles. The van der Waals surface area contributed by atoms with Gasteiger partial charge in [-0.3, -0.25) is 9.69 Å². The van der Waals surface area contributed by atoms with Crippen molar-refractivity contribution in [1.82, 2.24) is 4.90 Å². The molecule has 16 heavy (non-hydrogen) atoms. The van der Waals surface area contributed by atoms with Crippen molar-refractivity contribution >= 4 is 5.78 Å². The van der Waals surface area contributed by atoms with Crippen LogP contribution in [0.2, 0.25) is 0 Å². The van der Waals surface area contributed by atoms with Gasteiger partial charge in [-0.2, -0.15) is 0 Å². The lowest BCUT2D eigenvalue weighted by Gasteiger charge is -2.18. The van der Waals surface area contributed by atoms with E-state index in [4.69, 9.17) is 0 Å². The molecule has 0 N–H and O–H groups in total. The van der Waals surface area contributed by atoms with Gasteiger partial charge in [0.05, 0.1) is 6.54 Å². The van der Waals surface area contributed by atoms with Crippen molar-refractivity contribution < 1.29 is 4.79 Å². The van der Waals surface area contributed by atoms with E-state index < -0.39 is 0 Å². The molecule has 86 valence electrons. The first-order chi connectivity index (χ1) is 7.79. The average molecular weight is 217 g/mol. The van der Waals surface area contributed by atoms with Crippen molar-refractivity contribution in [1.29, 1.82) is 0 Å². The molecular weight excluding hydrogens is 198 g/mol. The van der Waals surface area contributed by atoms with Crippen LogP contribution in [-0.4, -0.2) is 30.3 Å². The molecule has 1 aromatic carbocycles. The molecule has 1 heterocycles. The number of hydrogen-bond acceptors (Lipinski definition) is 2. The summed E-state index contributed by atoms with van der Waals surface area (Å²) in [7, 11) is 0. The Bertz CT molecular complexity index is 346. The summed E-state index contributed by atoms with van der Waals surface area (Å²) in [6.07, 6.45) is 2.81. The molecule has 0 unspecified atom stereocenters. The Labute approximate surface area is 97.3 Å². The van der Waals surface area contributed by atoms with Gasteiger partial charge in [-0.1, -0.05) is 31.2 Å². The first-order valence-corrected chi connectivity index (χ1v) is 6.10. The summed E-state index contributed by atoms with van der Waals surface area (Å²) in [6.45, 7) is 4.60. The van der Waals surface area contributed by atoms with Crippen molar-refractivity contribution in [3.05, 3.63) is 35.4 Å². The van der Waals surface area contributed by atoms with Crippen LogP contribution < -0.4 is 0 Å². The molecule has 2 heteroatoms. The van der Waals surface area contributed by atoms with E-state index in [1.165, 1.54) is 11.1 Å². The monoisotopic (exact) mass is 217 g/mol. The highest BCUT2D eigenvalue weighted by molar-refractivity contribution is 5.80. The average Bonchev–Trinajstić information content (AvgIpc) is 2.52. The van der Waals surface area contributed by atoms with Gasteiger partial charge in [-0.05, 0) is 24.0 Å². The van der Waals surface area contributed by atoms with Gasteiger partial charge < -0.3 is 0 Å². The van der Waals surface area contributed by atoms with Crippen molar-refractivity contribution in [2.24, 2.45) is 0 Å². The summed E-state index contributed by atoms with van der Waals surface area (Å²) < 4.78 is 0. The Morgan fingerprint density at radius 3 is 2.25 bits per heavy atom. The zero-order valence-corrected chi connectivity index (χ0v) is 9.91. The third-order valence-corrected chi connectivity index (χ3v) is 3.31. The van der Waals surface area contributed by atoms with Gasteiger partial charge in [0.15, 0.2) is 0 Å².